The third-order valence-corrected chi connectivity index (χ3v) is 2.86. The van der Waals surface area contributed by atoms with Crippen LogP contribution in [0.1, 0.15) is 26.2 Å². The second kappa shape index (κ2) is 6.15. The van der Waals surface area contributed by atoms with E-state index in [1.54, 1.807) is 0 Å². The number of hydrogen-bond donors (Lipinski definition) is 1. The largest absolute Gasteiger partial charge is 0.463 e. The van der Waals surface area contributed by atoms with Gasteiger partial charge < -0.3 is 14.7 Å². The number of rotatable bonds is 4. The number of β-amino-alcohol motifs (C(OH)–C–C–N with tert-alkyl or cyclic N) is 1. The average molecular weight is 273 g/mol. The van der Waals surface area contributed by atoms with Gasteiger partial charge in [-0.25, -0.2) is 0 Å². The molecule has 0 amide bonds. The Balaban J connectivity index is 2.13. The van der Waals surface area contributed by atoms with Gasteiger partial charge in [0.25, 0.3) is 0 Å². The normalized spacial score (nSPS) is 19.9. The molecule has 1 aromatic rings. The van der Waals surface area contributed by atoms with Crippen molar-refractivity contribution in [3.63, 3.8) is 0 Å². The number of halogens is 1. The van der Waals surface area contributed by atoms with Crippen molar-refractivity contribution in [3.05, 3.63) is 5.28 Å². The molecule has 1 N–H and O–H groups in total. The molecule has 1 atom stereocenters. The number of nitrogens with zero attached hydrogens (tertiary/aromatic N) is 4. The van der Waals surface area contributed by atoms with Crippen LogP contribution in [0.25, 0.3) is 0 Å². The van der Waals surface area contributed by atoms with Gasteiger partial charge in [0.15, 0.2) is 0 Å². The van der Waals surface area contributed by atoms with Crippen molar-refractivity contribution in [2.45, 2.75) is 32.3 Å². The molecule has 2 rings (SSSR count). The molecule has 0 bridgehead atoms. The fourth-order valence-corrected chi connectivity index (χ4v) is 2.01. The second-order valence-corrected chi connectivity index (χ2v) is 4.62. The molecular formula is C11H17ClN4O2. The van der Waals surface area contributed by atoms with Crippen LogP contribution in [0.4, 0.5) is 5.95 Å². The molecule has 1 saturated heterocycles. The molecule has 1 unspecified atom stereocenters. The first kappa shape index (κ1) is 13.3. The first-order chi connectivity index (χ1) is 8.69. The Morgan fingerprint density at radius 1 is 1.44 bits per heavy atom. The van der Waals surface area contributed by atoms with Crippen LogP contribution in [0.2, 0.25) is 5.28 Å². The van der Waals surface area contributed by atoms with Gasteiger partial charge in [0.2, 0.25) is 11.2 Å². The number of hydrogen-bond acceptors (Lipinski definition) is 6. The zero-order valence-corrected chi connectivity index (χ0v) is 11.1. The molecule has 1 aromatic heterocycles. The number of piperidine rings is 1. The van der Waals surface area contributed by atoms with Gasteiger partial charge in [-0.3, -0.25) is 0 Å². The van der Waals surface area contributed by atoms with E-state index in [9.17, 15) is 5.11 Å². The highest BCUT2D eigenvalue weighted by atomic mass is 35.5. The van der Waals surface area contributed by atoms with E-state index in [1.165, 1.54) is 0 Å². The molecule has 6 nitrogen and oxygen atoms in total. The Morgan fingerprint density at radius 3 is 3.00 bits per heavy atom. The summed E-state index contributed by atoms with van der Waals surface area (Å²) in [4.78, 5) is 14.1. The van der Waals surface area contributed by atoms with Crippen LogP contribution in [-0.4, -0.2) is 45.9 Å². The van der Waals surface area contributed by atoms with E-state index in [4.69, 9.17) is 16.3 Å². The molecular weight excluding hydrogens is 256 g/mol. The summed E-state index contributed by atoms with van der Waals surface area (Å²) in [5.74, 6) is 0.472. The van der Waals surface area contributed by atoms with Crippen molar-refractivity contribution in [2.24, 2.45) is 0 Å². The van der Waals surface area contributed by atoms with E-state index < -0.39 is 0 Å². The Bertz CT molecular complexity index is 405. The summed E-state index contributed by atoms with van der Waals surface area (Å²) in [6.07, 6.45) is 2.26. The van der Waals surface area contributed by atoms with Gasteiger partial charge in [-0.1, -0.05) is 6.92 Å². The quantitative estimate of drug-likeness (QED) is 0.890. The molecule has 0 radical (unpaired) electrons. The summed E-state index contributed by atoms with van der Waals surface area (Å²) < 4.78 is 5.36. The van der Waals surface area contributed by atoms with E-state index in [0.29, 0.717) is 19.1 Å². The summed E-state index contributed by atoms with van der Waals surface area (Å²) in [5.41, 5.74) is 0. The minimum absolute atomic E-state index is 0.117. The number of ether oxygens (including phenoxy) is 1. The minimum atomic E-state index is -0.339. The first-order valence-corrected chi connectivity index (χ1v) is 6.54. The predicted molar refractivity (Wildman–Crippen MR) is 68.1 cm³/mol. The van der Waals surface area contributed by atoms with Crippen molar-refractivity contribution in [1.29, 1.82) is 0 Å². The van der Waals surface area contributed by atoms with E-state index >= 15 is 0 Å². The maximum Gasteiger partial charge on any atom is 0.322 e. The lowest BCUT2D eigenvalue weighted by Gasteiger charge is -2.29. The summed E-state index contributed by atoms with van der Waals surface area (Å²) in [7, 11) is 0. The van der Waals surface area contributed by atoms with Gasteiger partial charge in [0.05, 0.1) is 12.7 Å². The summed E-state index contributed by atoms with van der Waals surface area (Å²) in [5, 5.41) is 9.76. The van der Waals surface area contributed by atoms with Crippen molar-refractivity contribution in [2.75, 3.05) is 24.6 Å². The number of anilines is 1. The molecule has 100 valence electrons. The highest BCUT2D eigenvalue weighted by molar-refractivity contribution is 6.28. The Labute approximate surface area is 111 Å². The smallest absolute Gasteiger partial charge is 0.322 e. The Morgan fingerprint density at radius 2 is 2.28 bits per heavy atom. The van der Waals surface area contributed by atoms with Gasteiger partial charge in [-0.05, 0) is 30.9 Å². The Hall–Kier alpha value is -1.14. The molecule has 1 fully saturated rings. The van der Waals surface area contributed by atoms with Crippen molar-refractivity contribution in [3.8, 4) is 6.01 Å². The van der Waals surface area contributed by atoms with E-state index in [0.717, 1.165) is 25.8 Å². The van der Waals surface area contributed by atoms with Crippen LogP contribution in [0.15, 0.2) is 0 Å². The lowest BCUT2D eigenvalue weighted by Crippen LogP contribution is -2.39. The topological polar surface area (TPSA) is 71.4 Å². The first-order valence-electron chi connectivity index (χ1n) is 6.16. The Kier molecular flexibility index (Phi) is 4.54. The highest BCUT2D eigenvalue weighted by Crippen LogP contribution is 2.19. The maximum absolute atomic E-state index is 9.64. The fourth-order valence-electron chi connectivity index (χ4n) is 1.86. The van der Waals surface area contributed by atoms with Crippen LogP contribution in [0.3, 0.4) is 0 Å². The molecule has 18 heavy (non-hydrogen) atoms. The van der Waals surface area contributed by atoms with Crippen LogP contribution >= 0.6 is 11.6 Å². The van der Waals surface area contributed by atoms with Crippen LogP contribution < -0.4 is 9.64 Å². The maximum atomic E-state index is 9.64. The lowest BCUT2D eigenvalue weighted by molar-refractivity contribution is 0.153. The van der Waals surface area contributed by atoms with Crippen molar-refractivity contribution >= 4 is 17.5 Å². The van der Waals surface area contributed by atoms with Gasteiger partial charge in [0.1, 0.15) is 0 Å². The molecule has 1 aliphatic rings. The average Bonchev–Trinajstić information content (AvgIpc) is 2.36. The van der Waals surface area contributed by atoms with E-state index in [-0.39, 0.29) is 17.4 Å². The van der Waals surface area contributed by atoms with Gasteiger partial charge in [-0.15, -0.1) is 0 Å². The van der Waals surface area contributed by atoms with E-state index in [1.807, 2.05) is 11.8 Å². The number of aromatic nitrogens is 3. The molecule has 0 spiro atoms. The standard InChI is InChI=1S/C11H17ClN4O2/c1-2-6-18-11-14-9(12)13-10(15-11)16-5-3-4-8(17)7-16/h8,17H,2-7H2,1H3. The zero-order chi connectivity index (χ0) is 13.0. The molecule has 7 heteroatoms. The second-order valence-electron chi connectivity index (χ2n) is 4.28. The highest BCUT2D eigenvalue weighted by Gasteiger charge is 2.21. The van der Waals surface area contributed by atoms with Gasteiger partial charge >= 0.3 is 6.01 Å². The van der Waals surface area contributed by atoms with E-state index in [2.05, 4.69) is 15.0 Å². The molecule has 0 aromatic carbocycles. The lowest BCUT2D eigenvalue weighted by atomic mass is 10.1. The summed E-state index contributed by atoms with van der Waals surface area (Å²) >= 11 is 5.85. The summed E-state index contributed by atoms with van der Waals surface area (Å²) in [6.45, 7) is 3.88. The minimum Gasteiger partial charge on any atom is -0.463 e. The van der Waals surface area contributed by atoms with Gasteiger partial charge in [-0.2, -0.15) is 15.0 Å². The third-order valence-electron chi connectivity index (χ3n) is 2.69. The molecule has 1 aliphatic heterocycles. The zero-order valence-electron chi connectivity index (χ0n) is 10.3. The third kappa shape index (κ3) is 3.43. The predicted octanol–water partition coefficient (Wildman–Crippen LogP) is 1.27. The number of aliphatic hydroxyl groups excluding tert-OH is 1. The molecule has 0 aliphatic carbocycles. The van der Waals surface area contributed by atoms with Crippen molar-refractivity contribution in [1.82, 2.24) is 15.0 Å². The number of aliphatic hydroxyl groups is 1. The van der Waals surface area contributed by atoms with Crippen LogP contribution in [0.5, 0.6) is 6.01 Å². The van der Waals surface area contributed by atoms with Crippen LogP contribution in [-0.2, 0) is 0 Å². The SMILES string of the molecule is CCCOc1nc(Cl)nc(N2CCCC(O)C2)n1. The summed E-state index contributed by atoms with van der Waals surface area (Å²) in [6, 6.07) is 0.243. The molecule has 2 heterocycles. The monoisotopic (exact) mass is 272 g/mol. The van der Waals surface area contributed by atoms with Gasteiger partial charge in [0, 0.05) is 13.1 Å². The fraction of sp³-hybridized carbons (Fsp3) is 0.727. The van der Waals surface area contributed by atoms with Crippen LogP contribution in [0, 0.1) is 0 Å². The molecule has 0 saturated carbocycles. The van der Waals surface area contributed by atoms with Crippen molar-refractivity contribution < 1.29 is 9.84 Å².